The van der Waals surface area contributed by atoms with Gasteiger partial charge in [0.25, 0.3) is 0 Å². The summed E-state index contributed by atoms with van der Waals surface area (Å²) in [5, 5.41) is 9.57. The molecule has 4 rings (SSSR count). The van der Waals surface area contributed by atoms with Crippen LogP contribution in [-0.4, -0.2) is 63.3 Å². The SMILES string of the molecule is CCCn1c(Cc2ccccc2)nnc1SCC(=O)N(C1CCCC1)[C@@H]1CCS(=O)(=O)C1. The average Bonchev–Trinajstić information content (AvgIpc) is 3.50. The molecule has 0 radical (unpaired) electrons. The minimum atomic E-state index is -3.04. The number of nitrogens with zero attached hydrogens (tertiary/aromatic N) is 4. The fourth-order valence-electron chi connectivity index (χ4n) is 4.87. The molecule has 1 saturated heterocycles. The Morgan fingerprint density at radius 2 is 1.88 bits per heavy atom. The van der Waals surface area contributed by atoms with Crippen molar-refractivity contribution in [1.82, 2.24) is 19.7 Å². The molecule has 0 bridgehead atoms. The number of benzene rings is 1. The van der Waals surface area contributed by atoms with Gasteiger partial charge in [0.1, 0.15) is 5.82 Å². The number of hydrogen-bond acceptors (Lipinski definition) is 6. The topological polar surface area (TPSA) is 85.2 Å². The third-order valence-electron chi connectivity index (χ3n) is 6.38. The molecule has 1 atom stereocenters. The summed E-state index contributed by atoms with van der Waals surface area (Å²) in [7, 11) is -3.04. The zero-order valence-corrected chi connectivity index (χ0v) is 20.3. The van der Waals surface area contributed by atoms with Gasteiger partial charge in [-0.1, -0.05) is 61.9 Å². The molecular formula is C23H32N4O3S2. The van der Waals surface area contributed by atoms with E-state index in [2.05, 4.69) is 33.8 Å². The summed E-state index contributed by atoms with van der Waals surface area (Å²) in [6.07, 6.45) is 6.37. The number of aromatic nitrogens is 3. The Balaban J connectivity index is 1.46. The summed E-state index contributed by atoms with van der Waals surface area (Å²) in [5.41, 5.74) is 1.18. The Morgan fingerprint density at radius 1 is 1.12 bits per heavy atom. The predicted molar refractivity (Wildman–Crippen MR) is 126 cm³/mol. The van der Waals surface area contributed by atoms with E-state index >= 15 is 0 Å². The highest BCUT2D eigenvalue weighted by Crippen LogP contribution is 2.30. The Labute approximate surface area is 194 Å². The lowest BCUT2D eigenvalue weighted by atomic mass is 10.1. The molecule has 1 aliphatic carbocycles. The Morgan fingerprint density at radius 3 is 2.53 bits per heavy atom. The van der Waals surface area contributed by atoms with Crippen LogP contribution in [0.15, 0.2) is 35.5 Å². The Bertz CT molecular complexity index is 1020. The van der Waals surface area contributed by atoms with Gasteiger partial charge in [-0.2, -0.15) is 0 Å². The van der Waals surface area contributed by atoms with Crippen molar-refractivity contribution < 1.29 is 13.2 Å². The van der Waals surface area contributed by atoms with Gasteiger partial charge in [-0.05, 0) is 31.2 Å². The number of hydrogen-bond donors (Lipinski definition) is 0. The van der Waals surface area contributed by atoms with Gasteiger partial charge in [0.05, 0.1) is 17.3 Å². The number of amides is 1. The van der Waals surface area contributed by atoms with E-state index in [-0.39, 0.29) is 35.2 Å². The highest BCUT2D eigenvalue weighted by Gasteiger charge is 2.39. The standard InChI is InChI=1S/C23H32N4O3S2/c1-2-13-26-21(15-18-8-4-3-5-9-18)24-25-23(26)31-16-22(28)27(19-10-6-7-11-19)20-12-14-32(29,30)17-20/h3-5,8-9,19-20H,2,6-7,10-17H2,1H3/t20-/m1/s1. The van der Waals surface area contributed by atoms with Crippen LogP contribution in [0.5, 0.6) is 0 Å². The van der Waals surface area contributed by atoms with Gasteiger partial charge in [-0.15, -0.1) is 10.2 Å². The smallest absolute Gasteiger partial charge is 0.233 e. The second kappa shape index (κ2) is 10.4. The minimum absolute atomic E-state index is 0.0275. The highest BCUT2D eigenvalue weighted by molar-refractivity contribution is 7.99. The lowest BCUT2D eigenvalue weighted by Crippen LogP contribution is -2.47. The van der Waals surface area contributed by atoms with E-state index in [1.54, 1.807) is 0 Å². The zero-order chi connectivity index (χ0) is 22.6. The van der Waals surface area contributed by atoms with Crippen molar-refractivity contribution >= 4 is 27.5 Å². The van der Waals surface area contributed by atoms with Crippen molar-refractivity contribution in [2.45, 2.75) is 75.7 Å². The summed E-state index contributed by atoms with van der Waals surface area (Å²) in [5.74, 6) is 1.49. The van der Waals surface area contributed by atoms with Gasteiger partial charge in [0.15, 0.2) is 15.0 Å². The fraction of sp³-hybridized carbons (Fsp3) is 0.609. The lowest BCUT2D eigenvalue weighted by molar-refractivity contribution is -0.132. The largest absolute Gasteiger partial charge is 0.335 e. The first-order valence-electron chi connectivity index (χ1n) is 11.6. The first-order chi connectivity index (χ1) is 15.5. The van der Waals surface area contributed by atoms with Crippen LogP contribution in [0.1, 0.15) is 56.8 Å². The fourth-order valence-corrected chi connectivity index (χ4v) is 7.43. The first kappa shape index (κ1) is 23.3. The molecule has 1 aliphatic heterocycles. The van der Waals surface area contributed by atoms with Crippen LogP contribution in [0.4, 0.5) is 0 Å². The maximum atomic E-state index is 13.3. The van der Waals surface area contributed by atoms with E-state index < -0.39 is 9.84 Å². The van der Waals surface area contributed by atoms with Crippen molar-refractivity contribution in [3.8, 4) is 0 Å². The van der Waals surface area contributed by atoms with E-state index in [0.29, 0.717) is 12.8 Å². The number of sulfone groups is 1. The molecule has 0 spiro atoms. The van der Waals surface area contributed by atoms with Crippen molar-refractivity contribution in [2.75, 3.05) is 17.3 Å². The van der Waals surface area contributed by atoms with E-state index in [9.17, 15) is 13.2 Å². The van der Waals surface area contributed by atoms with Crippen LogP contribution in [0.2, 0.25) is 0 Å². The number of thioether (sulfide) groups is 1. The molecule has 2 aliphatic rings. The molecule has 0 N–H and O–H groups in total. The zero-order valence-electron chi connectivity index (χ0n) is 18.6. The predicted octanol–water partition coefficient (Wildman–Crippen LogP) is 3.33. The van der Waals surface area contributed by atoms with Gasteiger partial charge < -0.3 is 9.47 Å². The second-order valence-corrected chi connectivity index (χ2v) is 12.0. The van der Waals surface area contributed by atoms with E-state index in [0.717, 1.165) is 49.6 Å². The van der Waals surface area contributed by atoms with Crippen molar-refractivity contribution in [2.24, 2.45) is 0 Å². The summed E-state index contributed by atoms with van der Waals surface area (Å²) in [6.45, 7) is 2.92. The Hall–Kier alpha value is -1.87. The molecule has 1 amide bonds. The highest BCUT2D eigenvalue weighted by atomic mass is 32.2. The molecule has 174 valence electrons. The Kier molecular flexibility index (Phi) is 7.55. The number of rotatable bonds is 9. The van der Waals surface area contributed by atoms with Crippen molar-refractivity contribution in [3.05, 3.63) is 41.7 Å². The van der Waals surface area contributed by atoms with Crippen LogP contribution in [0.25, 0.3) is 0 Å². The molecule has 1 saturated carbocycles. The second-order valence-electron chi connectivity index (χ2n) is 8.80. The van der Waals surface area contributed by atoms with E-state index in [1.807, 2.05) is 23.1 Å². The number of carbonyl (C=O) groups excluding carboxylic acids is 1. The molecule has 9 heteroatoms. The van der Waals surface area contributed by atoms with Crippen LogP contribution in [0, 0.1) is 0 Å². The molecule has 1 aromatic carbocycles. The van der Waals surface area contributed by atoms with Crippen molar-refractivity contribution in [1.29, 1.82) is 0 Å². The normalized spacial score (nSPS) is 20.6. The summed E-state index contributed by atoms with van der Waals surface area (Å²) < 4.78 is 26.2. The van der Waals surface area contributed by atoms with Gasteiger partial charge in [0, 0.05) is 25.0 Å². The monoisotopic (exact) mass is 476 g/mol. The molecule has 32 heavy (non-hydrogen) atoms. The van der Waals surface area contributed by atoms with Gasteiger partial charge in [-0.25, -0.2) is 8.42 Å². The molecule has 0 unspecified atom stereocenters. The number of carbonyl (C=O) groups is 1. The lowest BCUT2D eigenvalue weighted by Gasteiger charge is -2.34. The third kappa shape index (κ3) is 5.54. The minimum Gasteiger partial charge on any atom is -0.335 e. The van der Waals surface area contributed by atoms with Crippen LogP contribution in [-0.2, 0) is 27.6 Å². The van der Waals surface area contributed by atoms with Gasteiger partial charge in [0.2, 0.25) is 5.91 Å². The maximum absolute atomic E-state index is 13.3. The maximum Gasteiger partial charge on any atom is 0.233 e. The molecule has 2 fully saturated rings. The quantitative estimate of drug-likeness (QED) is 0.516. The van der Waals surface area contributed by atoms with E-state index in [4.69, 9.17) is 0 Å². The van der Waals surface area contributed by atoms with Gasteiger partial charge >= 0.3 is 0 Å². The van der Waals surface area contributed by atoms with Crippen molar-refractivity contribution in [3.63, 3.8) is 0 Å². The molecule has 2 heterocycles. The first-order valence-corrected chi connectivity index (χ1v) is 14.4. The van der Waals surface area contributed by atoms with Gasteiger partial charge in [-0.3, -0.25) is 4.79 Å². The molecular weight excluding hydrogens is 444 g/mol. The van der Waals surface area contributed by atoms with Crippen LogP contribution in [0.3, 0.4) is 0 Å². The van der Waals surface area contributed by atoms with Crippen LogP contribution >= 0.6 is 11.8 Å². The summed E-state index contributed by atoms with van der Waals surface area (Å²) >= 11 is 1.42. The third-order valence-corrected chi connectivity index (χ3v) is 9.08. The average molecular weight is 477 g/mol. The molecule has 7 nitrogen and oxygen atoms in total. The summed E-state index contributed by atoms with van der Waals surface area (Å²) in [6, 6.07) is 10.2. The summed E-state index contributed by atoms with van der Waals surface area (Å²) in [4.78, 5) is 15.2. The van der Waals surface area contributed by atoms with Crippen LogP contribution < -0.4 is 0 Å². The molecule has 2 aromatic rings. The molecule has 1 aromatic heterocycles. The van der Waals surface area contributed by atoms with E-state index in [1.165, 1.54) is 17.3 Å².